The van der Waals surface area contributed by atoms with Crippen LogP contribution in [0.2, 0.25) is 0 Å². The van der Waals surface area contributed by atoms with E-state index in [4.69, 9.17) is 9.97 Å². The fourth-order valence-corrected chi connectivity index (χ4v) is 6.86. The van der Waals surface area contributed by atoms with Gasteiger partial charge in [0.05, 0.1) is 10.4 Å². The minimum atomic E-state index is -3.56. The van der Waals surface area contributed by atoms with Gasteiger partial charge in [0.15, 0.2) is 0 Å². The molecule has 0 unspecified atom stereocenters. The molecule has 1 aromatic heterocycles. The van der Waals surface area contributed by atoms with Crippen molar-refractivity contribution in [2.75, 3.05) is 36.4 Å². The van der Waals surface area contributed by atoms with E-state index in [2.05, 4.69) is 34.9 Å². The van der Waals surface area contributed by atoms with Crippen LogP contribution in [0, 0.1) is 11.8 Å². The molecule has 4 aromatic rings. The smallest absolute Gasteiger partial charge is 0.241 e. The summed E-state index contributed by atoms with van der Waals surface area (Å²) in [4.78, 5) is 12.3. The van der Waals surface area contributed by atoms with E-state index in [1.807, 2.05) is 48.5 Å². The monoisotopic (exact) mass is 531 g/mol. The van der Waals surface area contributed by atoms with Crippen molar-refractivity contribution < 1.29 is 8.42 Å². The Kier molecular flexibility index (Phi) is 8.09. The number of hydrogen-bond donors (Lipinski definition) is 2. The van der Waals surface area contributed by atoms with Crippen LogP contribution in [-0.2, 0) is 10.0 Å². The first-order chi connectivity index (χ1) is 18.5. The van der Waals surface area contributed by atoms with Crippen LogP contribution < -0.4 is 14.9 Å². The van der Waals surface area contributed by atoms with E-state index in [0.717, 1.165) is 72.8 Å². The molecule has 1 aliphatic carbocycles. The standard InChI is InChI=1S/C30H37N5O2S/c1-3-35(4-2)29-26-13-7-8-14-27(26)33-30(34-29)31-20-22-16-18-23(19-17-22)21-32-38(36,37)28-15-9-11-24-10-5-6-12-25(24)28/h5-15,22-23,32H,3-4,16-21H2,1-2H3,(H,31,33,34)/t22-,23-. The fraction of sp³-hybridized carbons (Fsp3) is 0.400. The molecule has 5 rings (SSSR count). The van der Waals surface area contributed by atoms with Gasteiger partial charge < -0.3 is 10.2 Å². The average Bonchev–Trinajstić information content (AvgIpc) is 2.96. The molecular formula is C30H37N5O2S. The van der Waals surface area contributed by atoms with E-state index in [1.165, 1.54) is 0 Å². The van der Waals surface area contributed by atoms with Crippen LogP contribution in [0.15, 0.2) is 71.6 Å². The Morgan fingerprint density at radius 3 is 2.16 bits per heavy atom. The number of sulfonamides is 1. The molecule has 0 aliphatic heterocycles. The summed E-state index contributed by atoms with van der Waals surface area (Å²) in [5.74, 6) is 2.52. The summed E-state index contributed by atoms with van der Waals surface area (Å²) in [6.07, 6.45) is 4.13. The molecule has 2 N–H and O–H groups in total. The largest absolute Gasteiger partial charge is 0.356 e. The van der Waals surface area contributed by atoms with Gasteiger partial charge in [0.1, 0.15) is 5.82 Å². The lowest BCUT2D eigenvalue weighted by atomic mass is 9.82. The van der Waals surface area contributed by atoms with E-state index in [0.29, 0.717) is 29.2 Å². The second-order valence-electron chi connectivity index (χ2n) is 10.2. The Labute approximate surface area is 225 Å². The lowest BCUT2D eigenvalue weighted by Crippen LogP contribution is -2.32. The zero-order valence-electron chi connectivity index (χ0n) is 22.2. The number of benzene rings is 3. The summed E-state index contributed by atoms with van der Waals surface area (Å²) in [7, 11) is -3.56. The van der Waals surface area contributed by atoms with Gasteiger partial charge in [-0.25, -0.2) is 18.1 Å². The van der Waals surface area contributed by atoms with Crippen molar-refractivity contribution in [2.24, 2.45) is 11.8 Å². The zero-order valence-corrected chi connectivity index (χ0v) is 23.0. The van der Waals surface area contributed by atoms with Crippen LogP contribution >= 0.6 is 0 Å². The van der Waals surface area contributed by atoms with Crippen LogP contribution in [0.1, 0.15) is 39.5 Å². The molecule has 7 nitrogen and oxygen atoms in total. The molecule has 3 aromatic carbocycles. The van der Waals surface area contributed by atoms with Crippen LogP contribution in [0.4, 0.5) is 11.8 Å². The quantitative estimate of drug-likeness (QED) is 0.268. The van der Waals surface area contributed by atoms with Gasteiger partial charge in [0, 0.05) is 37.0 Å². The molecule has 0 radical (unpaired) electrons. The first-order valence-corrected chi connectivity index (χ1v) is 15.2. The summed E-state index contributed by atoms with van der Waals surface area (Å²) in [5.41, 5.74) is 0.953. The van der Waals surface area contributed by atoms with Crippen molar-refractivity contribution in [2.45, 2.75) is 44.4 Å². The summed E-state index contributed by atoms with van der Waals surface area (Å²) in [6.45, 7) is 7.38. The molecule has 0 saturated heterocycles. The van der Waals surface area contributed by atoms with Crippen molar-refractivity contribution in [3.8, 4) is 0 Å². The minimum absolute atomic E-state index is 0.349. The van der Waals surface area contributed by atoms with Gasteiger partial charge in [0.25, 0.3) is 0 Å². The van der Waals surface area contributed by atoms with Crippen molar-refractivity contribution >= 4 is 43.5 Å². The second kappa shape index (κ2) is 11.7. The molecule has 1 saturated carbocycles. The minimum Gasteiger partial charge on any atom is -0.356 e. The molecule has 0 bridgehead atoms. The predicted octanol–water partition coefficient (Wildman–Crippen LogP) is 5.83. The fourth-order valence-electron chi connectivity index (χ4n) is 5.51. The Morgan fingerprint density at radius 2 is 1.42 bits per heavy atom. The highest BCUT2D eigenvalue weighted by Crippen LogP contribution is 2.30. The molecule has 8 heteroatoms. The molecule has 200 valence electrons. The number of hydrogen-bond acceptors (Lipinski definition) is 6. The molecule has 1 aliphatic rings. The number of nitrogens with one attached hydrogen (secondary N) is 2. The van der Waals surface area contributed by atoms with Gasteiger partial charge in [-0.05, 0) is 75.0 Å². The average molecular weight is 532 g/mol. The lowest BCUT2D eigenvalue weighted by molar-refractivity contribution is 0.284. The summed E-state index contributed by atoms with van der Waals surface area (Å²) in [5, 5.41) is 6.27. The molecule has 38 heavy (non-hydrogen) atoms. The predicted molar refractivity (Wildman–Crippen MR) is 156 cm³/mol. The van der Waals surface area contributed by atoms with E-state index in [1.54, 1.807) is 12.1 Å². The van der Waals surface area contributed by atoms with Gasteiger partial charge >= 0.3 is 0 Å². The highest BCUT2D eigenvalue weighted by atomic mass is 32.2. The van der Waals surface area contributed by atoms with Crippen LogP contribution in [0.5, 0.6) is 0 Å². The number of anilines is 2. The number of nitrogens with zero attached hydrogens (tertiary/aromatic N) is 3. The molecule has 1 heterocycles. The lowest BCUT2D eigenvalue weighted by Gasteiger charge is -2.29. The van der Waals surface area contributed by atoms with E-state index >= 15 is 0 Å². The molecular weight excluding hydrogens is 494 g/mol. The van der Waals surface area contributed by atoms with Gasteiger partial charge in [-0.3, -0.25) is 0 Å². The molecule has 1 fully saturated rings. The summed E-state index contributed by atoms with van der Waals surface area (Å²) in [6, 6.07) is 21.2. The Bertz CT molecular complexity index is 1490. The maximum absolute atomic E-state index is 13.1. The highest BCUT2D eigenvalue weighted by Gasteiger charge is 2.24. The Hall–Kier alpha value is -3.23. The summed E-state index contributed by atoms with van der Waals surface area (Å²) < 4.78 is 29.1. The SMILES string of the molecule is CCN(CC)c1nc(NC[C@H]2CC[C@H](CNS(=O)(=O)c3cccc4ccccc34)CC2)nc2ccccc12. The maximum Gasteiger partial charge on any atom is 0.241 e. The third kappa shape index (κ3) is 5.76. The number of rotatable bonds is 10. The van der Waals surface area contributed by atoms with E-state index in [9.17, 15) is 8.42 Å². The van der Waals surface area contributed by atoms with Crippen molar-refractivity contribution in [1.29, 1.82) is 0 Å². The van der Waals surface area contributed by atoms with Crippen LogP contribution in [0.25, 0.3) is 21.7 Å². The van der Waals surface area contributed by atoms with Crippen LogP contribution in [0.3, 0.4) is 0 Å². The topological polar surface area (TPSA) is 87.2 Å². The number of aromatic nitrogens is 2. The van der Waals surface area contributed by atoms with Gasteiger partial charge in [0.2, 0.25) is 16.0 Å². The Balaban J connectivity index is 1.16. The molecule has 0 atom stereocenters. The zero-order chi connectivity index (χ0) is 26.5. The molecule has 0 spiro atoms. The molecule has 0 amide bonds. The highest BCUT2D eigenvalue weighted by molar-refractivity contribution is 7.89. The first-order valence-electron chi connectivity index (χ1n) is 13.7. The van der Waals surface area contributed by atoms with Gasteiger partial charge in [-0.1, -0.05) is 48.5 Å². The third-order valence-electron chi connectivity index (χ3n) is 7.76. The van der Waals surface area contributed by atoms with Gasteiger partial charge in [-0.2, -0.15) is 4.98 Å². The Morgan fingerprint density at radius 1 is 0.789 bits per heavy atom. The van der Waals surface area contributed by atoms with E-state index < -0.39 is 10.0 Å². The third-order valence-corrected chi connectivity index (χ3v) is 9.24. The van der Waals surface area contributed by atoms with Crippen molar-refractivity contribution in [3.05, 3.63) is 66.7 Å². The number of fused-ring (bicyclic) bond motifs is 2. The van der Waals surface area contributed by atoms with Crippen molar-refractivity contribution in [1.82, 2.24) is 14.7 Å². The van der Waals surface area contributed by atoms with Gasteiger partial charge in [-0.15, -0.1) is 0 Å². The first kappa shape index (κ1) is 26.4. The second-order valence-corrected chi connectivity index (χ2v) is 11.9. The van der Waals surface area contributed by atoms with Crippen molar-refractivity contribution in [3.63, 3.8) is 0 Å². The maximum atomic E-state index is 13.1. The normalized spacial score (nSPS) is 18.1. The summed E-state index contributed by atoms with van der Waals surface area (Å²) >= 11 is 0. The number of para-hydroxylation sites is 1. The van der Waals surface area contributed by atoms with Crippen LogP contribution in [-0.4, -0.2) is 44.6 Å². The van der Waals surface area contributed by atoms with E-state index in [-0.39, 0.29) is 0 Å².